The molecule has 0 saturated carbocycles. The number of nitrogens with zero attached hydrogens (tertiary/aromatic N) is 1. The molecule has 0 unspecified atom stereocenters. The lowest BCUT2D eigenvalue weighted by Crippen LogP contribution is -2.37. The molecule has 1 heterocycles. The Morgan fingerprint density at radius 3 is 2.37 bits per heavy atom. The molecule has 0 bridgehead atoms. The number of anilines is 1. The maximum Gasteiger partial charge on any atom is 0.255 e. The molecular weight excluding hydrogens is 367 g/mol. The van der Waals surface area contributed by atoms with Crippen LogP contribution in [-0.2, 0) is 10.0 Å². The molecule has 0 atom stereocenters. The first-order chi connectivity index (χ1) is 12.8. The van der Waals surface area contributed by atoms with E-state index in [1.54, 1.807) is 13.0 Å². The number of hydrogen-bond acceptors (Lipinski definition) is 3. The minimum Gasteiger partial charge on any atom is -0.322 e. The first kappa shape index (κ1) is 19.5. The number of benzene rings is 2. The van der Waals surface area contributed by atoms with Crippen LogP contribution in [0, 0.1) is 18.7 Å². The van der Waals surface area contributed by atoms with Crippen LogP contribution in [0.5, 0.6) is 0 Å². The van der Waals surface area contributed by atoms with Crippen molar-refractivity contribution in [2.75, 3.05) is 18.4 Å². The van der Waals surface area contributed by atoms with E-state index >= 15 is 0 Å². The lowest BCUT2D eigenvalue weighted by molar-refractivity contribution is 0.102. The molecule has 1 N–H and O–H groups in total. The molecule has 1 amide bonds. The number of halogens is 1. The monoisotopic (exact) mass is 390 g/mol. The predicted octanol–water partition coefficient (Wildman–Crippen LogP) is 3.81. The zero-order chi connectivity index (χ0) is 19.6. The van der Waals surface area contributed by atoms with E-state index in [1.165, 1.54) is 40.7 Å². The number of piperidine rings is 1. The zero-order valence-electron chi connectivity index (χ0n) is 15.4. The van der Waals surface area contributed by atoms with Crippen molar-refractivity contribution in [2.24, 2.45) is 5.92 Å². The number of carbonyl (C=O) groups is 1. The van der Waals surface area contributed by atoms with Crippen molar-refractivity contribution in [3.63, 3.8) is 0 Å². The number of aryl methyl sites for hydroxylation is 1. The van der Waals surface area contributed by atoms with Crippen molar-refractivity contribution in [2.45, 2.75) is 31.6 Å². The molecule has 0 spiro atoms. The Morgan fingerprint density at radius 1 is 1.11 bits per heavy atom. The van der Waals surface area contributed by atoms with Crippen molar-refractivity contribution in [3.05, 3.63) is 59.4 Å². The van der Waals surface area contributed by atoms with Crippen molar-refractivity contribution >= 4 is 21.6 Å². The highest BCUT2D eigenvalue weighted by Crippen LogP contribution is 2.24. The maximum absolute atomic E-state index is 13.4. The number of nitrogens with one attached hydrogen (secondary N) is 1. The SMILES string of the molecule is Cc1ccc(F)cc1NC(=O)c1ccc(S(=O)(=O)N2CCC(C)CC2)cc1. The second-order valence-electron chi connectivity index (χ2n) is 7.02. The van der Waals surface area contributed by atoms with Gasteiger partial charge in [-0.05, 0) is 67.6 Å². The normalized spacial score (nSPS) is 16.3. The molecular formula is C20H23FN2O3S. The van der Waals surface area contributed by atoms with Crippen LogP contribution in [0.25, 0.3) is 0 Å². The Kier molecular flexibility index (Phi) is 5.62. The van der Waals surface area contributed by atoms with Crippen LogP contribution in [-0.4, -0.2) is 31.7 Å². The Labute approximate surface area is 159 Å². The van der Waals surface area contributed by atoms with E-state index in [4.69, 9.17) is 0 Å². The highest BCUT2D eigenvalue weighted by atomic mass is 32.2. The van der Waals surface area contributed by atoms with Crippen LogP contribution in [0.3, 0.4) is 0 Å². The summed E-state index contributed by atoms with van der Waals surface area (Å²) in [5.74, 6) is -0.318. The Hall–Kier alpha value is -2.25. The fourth-order valence-electron chi connectivity index (χ4n) is 3.08. The second-order valence-corrected chi connectivity index (χ2v) is 8.96. The molecule has 1 aliphatic heterocycles. The van der Waals surface area contributed by atoms with Gasteiger partial charge >= 0.3 is 0 Å². The lowest BCUT2D eigenvalue weighted by Gasteiger charge is -2.29. The summed E-state index contributed by atoms with van der Waals surface area (Å²) in [4.78, 5) is 12.6. The van der Waals surface area contributed by atoms with Crippen LogP contribution in [0.2, 0.25) is 0 Å². The molecule has 7 heteroatoms. The van der Waals surface area contributed by atoms with Gasteiger partial charge in [0, 0.05) is 24.3 Å². The van der Waals surface area contributed by atoms with Gasteiger partial charge in [0.25, 0.3) is 5.91 Å². The molecule has 0 radical (unpaired) electrons. The van der Waals surface area contributed by atoms with Crippen LogP contribution >= 0.6 is 0 Å². The Bertz CT molecular complexity index is 934. The molecule has 2 aromatic carbocycles. The summed E-state index contributed by atoms with van der Waals surface area (Å²) in [6, 6.07) is 10.0. The molecule has 1 aliphatic rings. The van der Waals surface area contributed by atoms with Gasteiger partial charge in [0.2, 0.25) is 10.0 Å². The average molecular weight is 390 g/mol. The number of rotatable bonds is 4. The number of amides is 1. The van der Waals surface area contributed by atoms with Gasteiger partial charge in [-0.2, -0.15) is 4.31 Å². The van der Waals surface area contributed by atoms with Gasteiger partial charge in [-0.3, -0.25) is 4.79 Å². The predicted molar refractivity (Wildman–Crippen MR) is 103 cm³/mol. The summed E-state index contributed by atoms with van der Waals surface area (Å²) in [5.41, 5.74) is 1.44. The van der Waals surface area contributed by atoms with Gasteiger partial charge in [0.05, 0.1) is 4.90 Å². The number of carbonyl (C=O) groups excluding carboxylic acids is 1. The molecule has 27 heavy (non-hydrogen) atoms. The minimum atomic E-state index is -3.55. The van der Waals surface area contributed by atoms with Crippen LogP contribution in [0.1, 0.15) is 35.7 Å². The first-order valence-electron chi connectivity index (χ1n) is 8.95. The minimum absolute atomic E-state index is 0.176. The second kappa shape index (κ2) is 7.78. The average Bonchev–Trinajstić information content (AvgIpc) is 2.65. The summed E-state index contributed by atoms with van der Waals surface area (Å²) in [7, 11) is -3.55. The lowest BCUT2D eigenvalue weighted by atomic mass is 10.0. The van der Waals surface area contributed by atoms with E-state index in [1.807, 2.05) is 0 Å². The zero-order valence-corrected chi connectivity index (χ0v) is 16.2. The smallest absolute Gasteiger partial charge is 0.255 e. The standard InChI is InChI=1S/C20H23FN2O3S/c1-14-9-11-23(12-10-14)27(25,26)18-7-4-16(5-8-18)20(24)22-19-13-17(21)6-3-15(19)2/h3-8,13-14H,9-12H2,1-2H3,(H,22,24). The molecule has 1 saturated heterocycles. The van der Waals surface area contributed by atoms with E-state index < -0.39 is 21.7 Å². The van der Waals surface area contributed by atoms with Gasteiger partial charge in [-0.25, -0.2) is 12.8 Å². The summed E-state index contributed by atoms with van der Waals surface area (Å²) < 4.78 is 40.3. The topological polar surface area (TPSA) is 66.5 Å². The summed E-state index contributed by atoms with van der Waals surface area (Å²) in [6.45, 7) is 4.93. The summed E-state index contributed by atoms with van der Waals surface area (Å²) >= 11 is 0. The molecule has 144 valence electrons. The van der Waals surface area contributed by atoms with E-state index in [0.717, 1.165) is 18.4 Å². The van der Waals surface area contributed by atoms with Crippen molar-refractivity contribution in [1.82, 2.24) is 4.31 Å². The van der Waals surface area contributed by atoms with E-state index in [2.05, 4.69) is 12.2 Å². The quantitative estimate of drug-likeness (QED) is 0.863. The van der Waals surface area contributed by atoms with Gasteiger partial charge in [0.15, 0.2) is 0 Å². The van der Waals surface area contributed by atoms with Gasteiger partial charge in [-0.1, -0.05) is 13.0 Å². The van der Waals surface area contributed by atoms with Crippen LogP contribution in [0.4, 0.5) is 10.1 Å². The molecule has 5 nitrogen and oxygen atoms in total. The van der Waals surface area contributed by atoms with Crippen molar-refractivity contribution < 1.29 is 17.6 Å². The third kappa shape index (κ3) is 4.36. The highest BCUT2D eigenvalue weighted by Gasteiger charge is 2.28. The molecule has 0 aromatic heterocycles. The summed E-state index contributed by atoms with van der Waals surface area (Å²) in [6.07, 6.45) is 1.71. The molecule has 3 rings (SSSR count). The van der Waals surface area contributed by atoms with Gasteiger partial charge in [-0.15, -0.1) is 0 Å². The highest BCUT2D eigenvalue weighted by molar-refractivity contribution is 7.89. The van der Waals surface area contributed by atoms with Crippen molar-refractivity contribution in [3.8, 4) is 0 Å². The maximum atomic E-state index is 13.4. The fraction of sp³-hybridized carbons (Fsp3) is 0.350. The van der Waals surface area contributed by atoms with Crippen molar-refractivity contribution in [1.29, 1.82) is 0 Å². The van der Waals surface area contributed by atoms with Crippen LogP contribution in [0.15, 0.2) is 47.4 Å². The number of sulfonamides is 1. The van der Waals surface area contributed by atoms with Crippen LogP contribution < -0.4 is 5.32 Å². The Morgan fingerprint density at radius 2 is 1.74 bits per heavy atom. The van der Waals surface area contributed by atoms with Gasteiger partial charge in [0.1, 0.15) is 5.82 Å². The molecule has 0 aliphatic carbocycles. The first-order valence-corrected chi connectivity index (χ1v) is 10.4. The third-order valence-corrected chi connectivity index (χ3v) is 6.86. The fourth-order valence-corrected chi connectivity index (χ4v) is 4.55. The summed E-state index contributed by atoms with van der Waals surface area (Å²) in [5, 5.41) is 2.65. The Balaban J connectivity index is 1.74. The van der Waals surface area contributed by atoms with Gasteiger partial charge < -0.3 is 5.32 Å². The van der Waals surface area contributed by atoms with E-state index in [9.17, 15) is 17.6 Å². The number of hydrogen-bond donors (Lipinski definition) is 1. The van der Waals surface area contributed by atoms with E-state index in [0.29, 0.717) is 30.3 Å². The third-order valence-electron chi connectivity index (χ3n) is 4.94. The largest absolute Gasteiger partial charge is 0.322 e. The van der Waals surface area contributed by atoms with E-state index in [-0.39, 0.29) is 4.90 Å². The molecule has 1 fully saturated rings. The molecule has 2 aromatic rings.